The van der Waals surface area contributed by atoms with Gasteiger partial charge in [0.15, 0.2) is 0 Å². The van der Waals surface area contributed by atoms with E-state index < -0.39 is 30.6 Å². The molecule has 33 heavy (non-hydrogen) atoms. The van der Waals surface area contributed by atoms with E-state index in [4.69, 9.17) is 0 Å². The van der Waals surface area contributed by atoms with Gasteiger partial charge in [0.1, 0.15) is 41.3 Å². The molecule has 1 aliphatic heterocycles. The Balaban J connectivity index is 1.65. The molecule has 3 aromatic heterocycles. The summed E-state index contributed by atoms with van der Waals surface area (Å²) in [5, 5.41) is 22.5. The van der Waals surface area contributed by atoms with E-state index in [1.54, 1.807) is 4.90 Å². The molecule has 1 saturated heterocycles. The van der Waals surface area contributed by atoms with E-state index in [0.717, 1.165) is 11.5 Å². The van der Waals surface area contributed by atoms with Gasteiger partial charge in [0.05, 0.1) is 24.4 Å². The van der Waals surface area contributed by atoms with Crippen molar-refractivity contribution in [3.63, 3.8) is 0 Å². The molecule has 178 valence electrons. The molecule has 4 atom stereocenters. The maximum absolute atomic E-state index is 13.9. The average Bonchev–Trinajstić information content (AvgIpc) is 3.13. The fourth-order valence-corrected chi connectivity index (χ4v) is 3.71. The first-order chi connectivity index (χ1) is 15.5. The number of fused-ring (bicyclic) bond motifs is 1. The number of imidazole rings is 1. The lowest BCUT2D eigenvalue weighted by molar-refractivity contribution is -0.163. The van der Waals surface area contributed by atoms with Gasteiger partial charge < -0.3 is 25.0 Å². The highest BCUT2D eigenvalue weighted by Gasteiger charge is 2.40. The first kappa shape index (κ1) is 23.1. The standard InChI is InChI=1S/C20H23F4N7O2/c1-10(32)18-27-13-8-26-17(7-14(13)31(18)11(2)20(22,23)24)28-16-3-5-25-19(29-16)30-6-4-15(33)12(21)9-30/h3,5,7-8,10-12,15,32-33H,4,6,9H2,1-2H3,(H,25,26,28,29)/t10-,11-,12-,15+/m0/s1. The Kier molecular flexibility index (Phi) is 6.10. The van der Waals surface area contributed by atoms with Gasteiger partial charge in [0.25, 0.3) is 0 Å². The minimum Gasteiger partial charge on any atom is -0.390 e. The van der Waals surface area contributed by atoms with Crippen LogP contribution in [0, 0.1) is 0 Å². The lowest BCUT2D eigenvalue weighted by atomic mass is 10.1. The SMILES string of the molecule is C[C@H](O)c1nc2cnc(Nc3ccnc(N4CC[C@@H](O)[C@@H](F)C4)n3)cc2n1[C@@H](C)C(F)(F)F. The predicted molar refractivity (Wildman–Crippen MR) is 112 cm³/mol. The summed E-state index contributed by atoms with van der Waals surface area (Å²) >= 11 is 0. The molecule has 0 spiro atoms. The number of aliphatic hydroxyl groups is 2. The van der Waals surface area contributed by atoms with E-state index in [2.05, 4.69) is 25.3 Å². The zero-order valence-corrected chi connectivity index (χ0v) is 17.8. The number of piperidine rings is 1. The van der Waals surface area contributed by atoms with Crippen LogP contribution in [0.4, 0.5) is 35.1 Å². The summed E-state index contributed by atoms with van der Waals surface area (Å²) in [7, 11) is 0. The van der Waals surface area contributed by atoms with Gasteiger partial charge in [-0.15, -0.1) is 0 Å². The summed E-state index contributed by atoms with van der Waals surface area (Å²) in [5.41, 5.74) is 0.351. The topological polar surface area (TPSA) is 112 Å². The van der Waals surface area contributed by atoms with Crippen LogP contribution in [0.2, 0.25) is 0 Å². The van der Waals surface area contributed by atoms with Crippen LogP contribution in [0.3, 0.4) is 0 Å². The van der Waals surface area contributed by atoms with E-state index in [-0.39, 0.29) is 41.6 Å². The maximum Gasteiger partial charge on any atom is 0.408 e. The molecule has 0 aromatic carbocycles. The van der Waals surface area contributed by atoms with Gasteiger partial charge in [-0.2, -0.15) is 18.2 Å². The van der Waals surface area contributed by atoms with Crippen LogP contribution in [0.15, 0.2) is 24.5 Å². The Morgan fingerprint density at radius 3 is 2.61 bits per heavy atom. The molecule has 0 aliphatic carbocycles. The third kappa shape index (κ3) is 4.69. The van der Waals surface area contributed by atoms with Crippen molar-refractivity contribution in [3.05, 3.63) is 30.4 Å². The Morgan fingerprint density at radius 1 is 1.18 bits per heavy atom. The second-order valence-electron chi connectivity index (χ2n) is 7.98. The zero-order chi connectivity index (χ0) is 23.9. The first-order valence-electron chi connectivity index (χ1n) is 10.3. The van der Waals surface area contributed by atoms with Crippen molar-refractivity contribution in [3.8, 4) is 0 Å². The zero-order valence-electron chi connectivity index (χ0n) is 17.8. The third-order valence-electron chi connectivity index (χ3n) is 5.53. The molecule has 3 N–H and O–H groups in total. The minimum absolute atomic E-state index is 0.0501. The van der Waals surface area contributed by atoms with Crippen molar-refractivity contribution >= 4 is 28.6 Å². The van der Waals surface area contributed by atoms with Gasteiger partial charge in [-0.25, -0.2) is 19.3 Å². The van der Waals surface area contributed by atoms with Crippen LogP contribution in [-0.4, -0.2) is 66.3 Å². The van der Waals surface area contributed by atoms with E-state index in [1.807, 2.05) is 0 Å². The van der Waals surface area contributed by atoms with Crippen molar-refractivity contribution in [2.45, 2.75) is 50.9 Å². The van der Waals surface area contributed by atoms with E-state index >= 15 is 0 Å². The van der Waals surface area contributed by atoms with Gasteiger partial charge >= 0.3 is 6.18 Å². The van der Waals surface area contributed by atoms with Crippen LogP contribution in [0.25, 0.3) is 11.0 Å². The molecule has 3 aromatic rings. The molecule has 13 heteroatoms. The Morgan fingerprint density at radius 2 is 1.94 bits per heavy atom. The van der Waals surface area contributed by atoms with E-state index in [0.29, 0.717) is 12.4 Å². The number of pyridine rings is 1. The molecule has 1 aliphatic rings. The Hall–Kier alpha value is -3.06. The summed E-state index contributed by atoms with van der Waals surface area (Å²) in [6.07, 6.45) is -5.19. The van der Waals surface area contributed by atoms with Crippen molar-refractivity contribution in [1.82, 2.24) is 24.5 Å². The monoisotopic (exact) mass is 469 g/mol. The fourth-order valence-electron chi connectivity index (χ4n) is 3.71. The number of aromatic nitrogens is 5. The molecule has 0 saturated carbocycles. The molecular formula is C20H23F4N7O2. The number of rotatable bonds is 5. The maximum atomic E-state index is 13.9. The summed E-state index contributed by atoms with van der Waals surface area (Å²) < 4.78 is 55.3. The van der Waals surface area contributed by atoms with Crippen LogP contribution in [-0.2, 0) is 0 Å². The number of hydrogen-bond acceptors (Lipinski definition) is 8. The molecule has 0 bridgehead atoms. The molecule has 4 heterocycles. The smallest absolute Gasteiger partial charge is 0.390 e. The Bertz CT molecular complexity index is 1140. The average molecular weight is 469 g/mol. The molecule has 0 unspecified atom stereocenters. The van der Waals surface area contributed by atoms with E-state index in [1.165, 1.54) is 31.5 Å². The highest BCUT2D eigenvalue weighted by Crippen LogP contribution is 2.36. The molecule has 0 radical (unpaired) electrons. The summed E-state index contributed by atoms with van der Waals surface area (Å²) in [4.78, 5) is 18.4. The minimum atomic E-state index is -4.55. The largest absolute Gasteiger partial charge is 0.408 e. The normalized spacial score (nSPS) is 21.3. The third-order valence-corrected chi connectivity index (χ3v) is 5.53. The lowest BCUT2D eigenvalue weighted by Crippen LogP contribution is -2.45. The highest BCUT2D eigenvalue weighted by atomic mass is 19.4. The molecule has 9 nitrogen and oxygen atoms in total. The summed E-state index contributed by atoms with van der Waals surface area (Å²) in [6, 6.07) is 1.02. The van der Waals surface area contributed by atoms with Crippen LogP contribution >= 0.6 is 0 Å². The van der Waals surface area contributed by atoms with Crippen molar-refractivity contribution in [1.29, 1.82) is 0 Å². The number of nitrogens with one attached hydrogen (secondary N) is 1. The summed E-state index contributed by atoms with van der Waals surface area (Å²) in [5.74, 6) is 0.644. The number of aliphatic hydroxyl groups excluding tert-OH is 2. The summed E-state index contributed by atoms with van der Waals surface area (Å²) in [6.45, 7) is 2.67. The van der Waals surface area contributed by atoms with Gasteiger partial charge in [0.2, 0.25) is 5.95 Å². The van der Waals surface area contributed by atoms with Gasteiger partial charge in [-0.1, -0.05) is 0 Å². The number of halogens is 4. The second kappa shape index (κ2) is 8.71. The fraction of sp³-hybridized carbons (Fsp3) is 0.500. The highest BCUT2D eigenvalue weighted by molar-refractivity contribution is 5.79. The van der Waals surface area contributed by atoms with Crippen LogP contribution < -0.4 is 10.2 Å². The van der Waals surface area contributed by atoms with Crippen molar-refractivity contribution in [2.24, 2.45) is 0 Å². The van der Waals surface area contributed by atoms with E-state index in [9.17, 15) is 27.8 Å². The molecular weight excluding hydrogens is 446 g/mol. The molecule has 1 fully saturated rings. The van der Waals surface area contributed by atoms with Crippen LogP contribution in [0.1, 0.15) is 38.2 Å². The van der Waals surface area contributed by atoms with Gasteiger partial charge in [0, 0.05) is 18.8 Å². The van der Waals surface area contributed by atoms with Crippen LogP contribution in [0.5, 0.6) is 0 Å². The Labute approximate surface area is 186 Å². The number of anilines is 3. The number of hydrogen-bond donors (Lipinski definition) is 3. The lowest BCUT2D eigenvalue weighted by Gasteiger charge is -2.32. The quantitative estimate of drug-likeness (QED) is 0.489. The van der Waals surface area contributed by atoms with Crippen molar-refractivity contribution < 1.29 is 27.8 Å². The van der Waals surface area contributed by atoms with Gasteiger partial charge in [-0.3, -0.25) is 0 Å². The van der Waals surface area contributed by atoms with Gasteiger partial charge in [-0.05, 0) is 26.3 Å². The molecule has 0 amide bonds. The number of nitrogens with zero attached hydrogens (tertiary/aromatic N) is 6. The first-order valence-corrected chi connectivity index (χ1v) is 10.3. The van der Waals surface area contributed by atoms with Crippen molar-refractivity contribution in [2.75, 3.05) is 23.3 Å². The predicted octanol–water partition coefficient (Wildman–Crippen LogP) is 3.05. The second-order valence-corrected chi connectivity index (χ2v) is 7.98. The number of alkyl halides is 4. The molecule has 4 rings (SSSR count).